The number of nitriles is 1. The van der Waals surface area contributed by atoms with E-state index < -0.39 is 18.4 Å². The maximum absolute atomic E-state index is 13.6. The van der Waals surface area contributed by atoms with Crippen molar-refractivity contribution in [3.63, 3.8) is 0 Å². The van der Waals surface area contributed by atoms with Crippen molar-refractivity contribution in [3.8, 4) is 34.8 Å². The average molecular weight is 550 g/mol. The van der Waals surface area contributed by atoms with E-state index in [1.165, 1.54) is 4.34 Å². The van der Waals surface area contributed by atoms with Crippen molar-refractivity contribution in [1.82, 2.24) is 0 Å². The molecule has 0 aliphatic carbocycles. The molecular formula is C26H23N4O8P. The van der Waals surface area contributed by atoms with E-state index in [4.69, 9.17) is 29.5 Å². The number of nitrogens with zero attached hydrogens (tertiary/aromatic N) is 3. The van der Waals surface area contributed by atoms with Gasteiger partial charge in [-0.3, -0.25) is 10.1 Å². The molecule has 0 saturated heterocycles. The zero-order chi connectivity index (χ0) is 28.4. The molecule has 1 heterocycles. The third-order valence-electron chi connectivity index (χ3n) is 4.97. The second-order valence-corrected chi connectivity index (χ2v) is 9.33. The molecule has 0 radical (unpaired) electrons. The van der Waals surface area contributed by atoms with Crippen molar-refractivity contribution < 1.29 is 37.5 Å². The molecule has 0 unspecified atom stereocenters. The van der Waals surface area contributed by atoms with Crippen LogP contribution in [0.1, 0.15) is 5.56 Å². The maximum atomic E-state index is 13.6. The summed E-state index contributed by atoms with van der Waals surface area (Å²) in [6, 6.07) is 21.3. The van der Waals surface area contributed by atoms with E-state index in [9.17, 15) is 19.8 Å². The van der Waals surface area contributed by atoms with Gasteiger partial charge in [0.15, 0.2) is 12.4 Å². The van der Waals surface area contributed by atoms with Crippen LogP contribution in [-0.4, -0.2) is 19.1 Å². The Morgan fingerprint density at radius 2 is 1.31 bits per heavy atom. The second-order valence-electron chi connectivity index (χ2n) is 7.56. The predicted molar refractivity (Wildman–Crippen MR) is 139 cm³/mol. The summed E-state index contributed by atoms with van der Waals surface area (Å²) in [5.74, 6) is 1.66. The minimum absolute atomic E-state index is 0.201. The molecule has 2 N–H and O–H groups in total. The maximum Gasteiger partial charge on any atom is 0.728 e. The quantitative estimate of drug-likeness (QED) is 0.190. The Morgan fingerprint density at radius 1 is 0.846 bits per heavy atom. The van der Waals surface area contributed by atoms with Gasteiger partial charge in [0.25, 0.3) is 5.69 Å². The van der Waals surface area contributed by atoms with Gasteiger partial charge in [0.1, 0.15) is 34.6 Å². The highest BCUT2D eigenvalue weighted by Crippen LogP contribution is 2.44. The first kappa shape index (κ1) is 28.3. The first-order valence-electron chi connectivity index (χ1n) is 11.1. The Labute approximate surface area is 223 Å². The number of aromatic nitrogens is 1. The minimum atomic E-state index is -3.80. The highest BCUT2D eigenvalue weighted by Gasteiger charge is 2.42. The summed E-state index contributed by atoms with van der Waals surface area (Å²) in [6.07, 6.45) is 3.09. The average Bonchev–Trinajstić information content (AvgIpc) is 2.94. The van der Waals surface area contributed by atoms with Crippen LogP contribution >= 0.6 is 7.75 Å². The van der Waals surface area contributed by atoms with Crippen molar-refractivity contribution in [2.75, 3.05) is 20.0 Å². The van der Waals surface area contributed by atoms with Gasteiger partial charge in [-0.1, -0.05) is 10.4 Å². The summed E-state index contributed by atoms with van der Waals surface area (Å²) in [7, 11) is -0.669. The highest BCUT2D eigenvalue weighted by molar-refractivity contribution is 7.47. The zero-order valence-electron chi connectivity index (χ0n) is 20.8. The van der Waals surface area contributed by atoms with Crippen LogP contribution in [0.2, 0.25) is 0 Å². The summed E-state index contributed by atoms with van der Waals surface area (Å²) in [5.41, 5.74) is 5.72. The van der Waals surface area contributed by atoms with E-state index in [0.29, 0.717) is 28.7 Å². The number of nitro groups is 1. The summed E-state index contributed by atoms with van der Waals surface area (Å²) >= 11 is 0. The molecule has 1 aromatic heterocycles. The molecule has 3 aromatic carbocycles. The Morgan fingerprint density at radius 3 is 1.72 bits per heavy atom. The summed E-state index contributed by atoms with van der Waals surface area (Å²) in [5, 5.41) is 29.3. The third-order valence-corrected chi connectivity index (χ3v) is 6.68. The standard InChI is InChI=1S/C19H19N2O5P.C7H4N2O3/c1-23-16-3-7-18(8-4-16)25-27(22,21-13-11-15(20)12-14-21)26-19-9-5-17(24-2)6-10-19;8-4-5-3-6(10)1-2-7(5)9(11)12/h3-14,20H,1-2H3;1-3,10H. The fourth-order valence-electron chi connectivity index (χ4n) is 3.01. The van der Waals surface area contributed by atoms with E-state index in [-0.39, 0.29) is 11.3 Å². The number of benzene rings is 3. The summed E-state index contributed by atoms with van der Waals surface area (Å²) in [6.45, 7) is 0. The molecule has 13 heteroatoms. The first-order chi connectivity index (χ1) is 18.7. The molecule has 0 fully saturated rings. The lowest BCUT2D eigenvalue weighted by Crippen LogP contribution is -2.35. The normalized spacial score (nSPS) is 10.3. The van der Waals surface area contributed by atoms with Crippen LogP contribution < -0.4 is 33.7 Å². The van der Waals surface area contributed by atoms with Crippen LogP contribution in [0.15, 0.2) is 91.3 Å². The Hall–Kier alpha value is -5.27. The van der Waals surface area contributed by atoms with Crippen molar-refractivity contribution in [2.45, 2.75) is 0 Å². The van der Waals surface area contributed by atoms with E-state index >= 15 is 0 Å². The van der Waals surface area contributed by atoms with E-state index in [1.807, 2.05) is 0 Å². The fourth-order valence-corrected chi connectivity index (χ4v) is 4.47. The monoisotopic (exact) mass is 550 g/mol. The Kier molecular flexibility index (Phi) is 9.29. The van der Waals surface area contributed by atoms with Gasteiger partial charge in [0.2, 0.25) is 0 Å². The Bertz CT molecular complexity index is 1450. The number of nitrogen functional groups attached to an aromatic ring is 1. The molecule has 12 nitrogen and oxygen atoms in total. The van der Waals surface area contributed by atoms with E-state index in [1.54, 1.807) is 93.3 Å². The van der Waals surface area contributed by atoms with Gasteiger partial charge >= 0.3 is 7.75 Å². The summed E-state index contributed by atoms with van der Waals surface area (Å²) < 4.78 is 36.7. The van der Waals surface area contributed by atoms with Crippen molar-refractivity contribution in [2.24, 2.45) is 0 Å². The van der Waals surface area contributed by atoms with Gasteiger partial charge in [-0.05, 0) is 54.6 Å². The molecule has 4 aromatic rings. The van der Waals surface area contributed by atoms with Gasteiger partial charge < -0.3 is 29.4 Å². The van der Waals surface area contributed by atoms with Crippen molar-refractivity contribution in [3.05, 3.63) is 107 Å². The van der Waals surface area contributed by atoms with Crippen molar-refractivity contribution >= 4 is 19.1 Å². The number of nitrogens with two attached hydrogens (primary N) is 1. The number of hydrogen-bond acceptors (Lipinski definition) is 10. The molecule has 39 heavy (non-hydrogen) atoms. The number of hydrogen-bond donors (Lipinski definition) is 1. The van der Waals surface area contributed by atoms with Crippen LogP contribution in [-0.2, 0) is 4.57 Å². The minimum Gasteiger partial charge on any atom is -0.872 e. The molecule has 200 valence electrons. The number of nitro benzene ring substituents is 1. The molecule has 0 bridgehead atoms. The van der Waals surface area contributed by atoms with Gasteiger partial charge in [0, 0.05) is 23.9 Å². The van der Waals surface area contributed by atoms with Gasteiger partial charge in [-0.25, -0.2) is 0 Å². The molecule has 0 atom stereocenters. The van der Waals surface area contributed by atoms with Crippen LogP contribution in [0.25, 0.3) is 0 Å². The largest absolute Gasteiger partial charge is 0.872 e. The smallest absolute Gasteiger partial charge is 0.728 e. The zero-order valence-corrected chi connectivity index (χ0v) is 21.7. The van der Waals surface area contributed by atoms with E-state index in [2.05, 4.69) is 0 Å². The lowest BCUT2D eigenvalue weighted by atomic mass is 10.2. The molecule has 0 spiro atoms. The topological polar surface area (TPSA) is 174 Å². The Balaban J connectivity index is 0.000000293. The predicted octanol–water partition coefficient (Wildman–Crippen LogP) is 4.23. The van der Waals surface area contributed by atoms with Crippen LogP contribution in [0.5, 0.6) is 28.7 Å². The second kappa shape index (κ2) is 12.8. The summed E-state index contributed by atoms with van der Waals surface area (Å²) in [4.78, 5) is 9.55. The molecule has 0 amide bonds. The van der Waals surface area contributed by atoms with Gasteiger partial charge in [-0.15, -0.1) is 5.75 Å². The SMILES string of the molecule is COc1ccc(OP(=O)(Oc2ccc(OC)cc2)[n+]2ccc(N)cc2)cc1.N#Cc1cc([O-])ccc1[N+](=O)[O-]. The van der Waals surface area contributed by atoms with E-state index in [0.717, 1.165) is 18.2 Å². The number of pyridine rings is 1. The number of methoxy groups -OCH3 is 2. The number of rotatable bonds is 8. The number of ether oxygens (including phenoxy) is 2. The van der Waals surface area contributed by atoms with Crippen LogP contribution in [0.3, 0.4) is 0 Å². The van der Waals surface area contributed by atoms with Gasteiger partial charge in [0.05, 0.1) is 19.1 Å². The third kappa shape index (κ3) is 7.61. The molecule has 0 aliphatic heterocycles. The van der Waals surface area contributed by atoms with Crippen molar-refractivity contribution in [1.29, 1.82) is 5.26 Å². The highest BCUT2D eigenvalue weighted by atomic mass is 31.2. The first-order valence-corrected chi connectivity index (χ1v) is 12.6. The molecular weight excluding hydrogens is 527 g/mol. The van der Waals surface area contributed by atoms with Crippen LogP contribution in [0, 0.1) is 21.4 Å². The van der Waals surface area contributed by atoms with Gasteiger partial charge in [-0.2, -0.15) is 9.83 Å². The molecule has 4 rings (SSSR count). The van der Waals surface area contributed by atoms with Crippen LogP contribution in [0.4, 0.5) is 11.4 Å². The lowest BCUT2D eigenvalue weighted by Gasteiger charge is -2.14. The molecule has 0 aliphatic rings. The fraction of sp³-hybridized carbons (Fsp3) is 0.0769. The lowest BCUT2D eigenvalue weighted by molar-refractivity contribution is -0.536. The molecule has 0 saturated carbocycles. The number of anilines is 1.